The van der Waals surface area contributed by atoms with Gasteiger partial charge in [0.1, 0.15) is 0 Å². The summed E-state index contributed by atoms with van der Waals surface area (Å²) in [4.78, 5) is 0. The van der Waals surface area contributed by atoms with E-state index in [1.54, 1.807) is 0 Å². The average Bonchev–Trinajstić information content (AvgIpc) is 2.74. The van der Waals surface area contributed by atoms with Crippen molar-refractivity contribution in [1.82, 2.24) is 0 Å². The summed E-state index contributed by atoms with van der Waals surface area (Å²) in [5, 5.41) is 9.11. The molecule has 0 N–H and O–H groups in total. The molecule has 0 aromatic heterocycles. The first kappa shape index (κ1) is 11.2. The zero-order valence-electron chi connectivity index (χ0n) is 11.7. The topological polar surface area (TPSA) is 43.2 Å². The van der Waals surface area contributed by atoms with Crippen LogP contribution in [0.4, 0.5) is 0 Å². The van der Waals surface area contributed by atoms with Crippen LogP contribution < -0.4 is 0 Å². The minimum Gasteiger partial charge on any atom is -0.353 e. The first-order valence-electron chi connectivity index (χ1n) is 7.81. The van der Waals surface area contributed by atoms with Crippen molar-refractivity contribution < 1.29 is 9.47 Å². The van der Waals surface area contributed by atoms with E-state index < -0.39 is 0 Å². The molecule has 2 bridgehead atoms. The highest BCUT2D eigenvalue weighted by molar-refractivity contribution is 5.24. The Hall–Kier alpha value is -0.480. The largest absolute Gasteiger partial charge is 0.353 e. The lowest BCUT2D eigenvalue weighted by molar-refractivity contribution is -0.323. The van der Waals surface area contributed by atoms with Gasteiger partial charge in [0.2, 0.25) is 0 Å². The lowest BCUT2D eigenvalue weighted by Gasteiger charge is -2.72. The van der Waals surface area contributed by atoms with Gasteiger partial charge >= 0.3 is 0 Å². The third-order valence-corrected chi connectivity index (χ3v) is 7.18. The molecule has 4 heteroatoms. The van der Waals surface area contributed by atoms with Crippen LogP contribution in [0.15, 0.2) is 10.2 Å². The molecule has 0 spiro atoms. The first-order chi connectivity index (χ1) is 9.30. The van der Waals surface area contributed by atoms with Gasteiger partial charge in [0.05, 0.1) is 12.1 Å². The predicted molar refractivity (Wildman–Crippen MR) is 68.6 cm³/mol. The molecule has 0 saturated heterocycles. The number of azo groups is 1. The third kappa shape index (κ3) is 1.05. The second kappa shape index (κ2) is 3.40. The van der Waals surface area contributed by atoms with E-state index in [0.717, 1.165) is 36.0 Å². The smallest absolute Gasteiger partial charge is 0.170 e. The van der Waals surface area contributed by atoms with Gasteiger partial charge in [-0.3, -0.25) is 0 Å². The molecular formula is C15H22N2O2. The summed E-state index contributed by atoms with van der Waals surface area (Å²) in [5.41, 5.74) is 0. The number of methoxy groups -OCH3 is 2. The zero-order valence-corrected chi connectivity index (χ0v) is 11.7. The van der Waals surface area contributed by atoms with Crippen molar-refractivity contribution in [3.63, 3.8) is 0 Å². The Labute approximate surface area is 113 Å². The summed E-state index contributed by atoms with van der Waals surface area (Å²) < 4.78 is 11.6. The van der Waals surface area contributed by atoms with Crippen molar-refractivity contribution in [3.05, 3.63) is 0 Å². The highest BCUT2D eigenvalue weighted by Crippen LogP contribution is 2.76. The van der Waals surface area contributed by atoms with E-state index in [9.17, 15) is 0 Å². The average molecular weight is 262 g/mol. The van der Waals surface area contributed by atoms with Gasteiger partial charge in [-0.2, -0.15) is 10.2 Å². The summed E-state index contributed by atoms with van der Waals surface area (Å²) in [7, 11) is 3.64. The van der Waals surface area contributed by atoms with E-state index in [2.05, 4.69) is 10.2 Å². The van der Waals surface area contributed by atoms with Gasteiger partial charge in [0.15, 0.2) is 5.79 Å². The lowest BCUT2D eigenvalue weighted by atomic mass is 9.34. The van der Waals surface area contributed by atoms with Crippen LogP contribution in [0, 0.1) is 35.5 Å². The molecule has 19 heavy (non-hydrogen) atoms. The van der Waals surface area contributed by atoms with Gasteiger partial charge in [-0.15, -0.1) is 0 Å². The van der Waals surface area contributed by atoms with Crippen molar-refractivity contribution in [2.75, 3.05) is 14.2 Å². The van der Waals surface area contributed by atoms with Crippen molar-refractivity contribution in [2.45, 2.75) is 43.6 Å². The van der Waals surface area contributed by atoms with Crippen LogP contribution in [0.25, 0.3) is 0 Å². The Balaban J connectivity index is 1.49. The van der Waals surface area contributed by atoms with Gasteiger partial charge in [0, 0.05) is 26.6 Å². The Bertz CT molecular complexity index is 447. The second-order valence-corrected chi connectivity index (χ2v) is 7.20. The number of rotatable bonds is 2. The molecule has 2 aliphatic heterocycles. The van der Waals surface area contributed by atoms with E-state index in [4.69, 9.17) is 9.47 Å². The van der Waals surface area contributed by atoms with Crippen LogP contribution in [0.5, 0.6) is 0 Å². The fourth-order valence-electron chi connectivity index (χ4n) is 6.59. The van der Waals surface area contributed by atoms with E-state index in [0.29, 0.717) is 18.0 Å². The van der Waals surface area contributed by atoms with E-state index in [1.807, 2.05) is 14.2 Å². The van der Waals surface area contributed by atoms with Crippen LogP contribution in [0.3, 0.4) is 0 Å². The molecule has 8 atom stereocenters. The number of ether oxygens (including phenoxy) is 2. The van der Waals surface area contributed by atoms with Gasteiger partial charge < -0.3 is 9.47 Å². The van der Waals surface area contributed by atoms with Crippen molar-refractivity contribution >= 4 is 0 Å². The predicted octanol–water partition coefficient (Wildman–Crippen LogP) is 2.49. The molecule has 6 rings (SSSR count). The summed E-state index contributed by atoms with van der Waals surface area (Å²) in [6.45, 7) is 0. The summed E-state index contributed by atoms with van der Waals surface area (Å²) in [6.07, 6.45) is 4.91. The van der Waals surface area contributed by atoms with Crippen LogP contribution in [-0.2, 0) is 9.47 Å². The molecule has 6 aliphatic rings. The van der Waals surface area contributed by atoms with E-state index in [-0.39, 0.29) is 5.79 Å². The van der Waals surface area contributed by atoms with Gasteiger partial charge in [-0.05, 0) is 48.9 Å². The van der Waals surface area contributed by atoms with Gasteiger partial charge in [0.25, 0.3) is 0 Å². The maximum atomic E-state index is 5.82. The first-order valence-corrected chi connectivity index (χ1v) is 7.81. The fraction of sp³-hybridized carbons (Fsp3) is 1.00. The third-order valence-electron chi connectivity index (χ3n) is 7.18. The Morgan fingerprint density at radius 1 is 0.842 bits per heavy atom. The Morgan fingerprint density at radius 3 is 2.05 bits per heavy atom. The maximum absolute atomic E-state index is 5.82. The number of nitrogens with zero attached hydrogens (tertiary/aromatic N) is 2. The quantitative estimate of drug-likeness (QED) is 0.718. The fourth-order valence-corrected chi connectivity index (χ4v) is 6.59. The Morgan fingerprint density at radius 2 is 1.47 bits per heavy atom. The summed E-state index contributed by atoms with van der Waals surface area (Å²) >= 11 is 0. The second-order valence-electron chi connectivity index (χ2n) is 7.20. The maximum Gasteiger partial charge on any atom is 0.170 e. The number of hydrogen-bond donors (Lipinski definition) is 0. The molecule has 0 aromatic carbocycles. The van der Waals surface area contributed by atoms with Crippen LogP contribution in [0.1, 0.15) is 25.7 Å². The standard InChI is InChI=1S/C15H22N2O2/c1-18-15(19-2)6-5-7-10-11-8-3-4-9(17-16-8)12(11)13(10)14(7)15/h7-14H,3-6H2,1-2H3/t7-,8+,9-,10+,11+,12+,13+,14-/m0/s1. The molecule has 0 radical (unpaired) electrons. The van der Waals surface area contributed by atoms with Crippen LogP contribution in [0.2, 0.25) is 0 Å². The molecule has 2 heterocycles. The minimum atomic E-state index is -0.287. The van der Waals surface area contributed by atoms with Crippen molar-refractivity contribution in [1.29, 1.82) is 0 Å². The molecule has 4 aliphatic carbocycles. The number of hydrogen-bond acceptors (Lipinski definition) is 4. The normalized spacial score (nSPS) is 58.8. The van der Waals surface area contributed by atoms with E-state index in [1.165, 1.54) is 19.3 Å². The van der Waals surface area contributed by atoms with E-state index >= 15 is 0 Å². The van der Waals surface area contributed by atoms with Gasteiger partial charge in [-0.25, -0.2) is 0 Å². The highest BCUT2D eigenvalue weighted by Gasteiger charge is 2.76. The molecule has 0 unspecified atom stereocenters. The van der Waals surface area contributed by atoms with Crippen molar-refractivity contribution in [2.24, 2.45) is 45.7 Å². The molecule has 4 fully saturated rings. The summed E-state index contributed by atoms with van der Waals surface area (Å²) in [5.74, 6) is 4.55. The molecule has 104 valence electrons. The molecule has 0 aromatic rings. The minimum absolute atomic E-state index is 0.287. The van der Waals surface area contributed by atoms with Crippen molar-refractivity contribution in [3.8, 4) is 0 Å². The van der Waals surface area contributed by atoms with Gasteiger partial charge in [-0.1, -0.05) is 0 Å². The monoisotopic (exact) mass is 262 g/mol. The number of fused-ring (bicyclic) bond motifs is 5. The molecular weight excluding hydrogens is 240 g/mol. The van der Waals surface area contributed by atoms with Crippen LogP contribution in [-0.4, -0.2) is 32.1 Å². The molecule has 0 amide bonds. The molecule has 4 saturated carbocycles. The highest BCUT2D eigenvalue weighted by atomic mass is 16.7. The molecule has 4 nitrogen and oxygen atoms in total. The Kier molecular flexibility index (Phi) is 2.00. The SMILES string of the molecule is COC1(OC)CC[C@H]2[C@H]3[C@H]([C@H]4[C@@H]3[C@H]3CC[C@@H]4N=N3)[C@H]21. The van der Waals surface area contributed by atoms with Crippen LogP contribution >= 0.6 is 0 Å². The zero-order chi connectivity index (χ0) is 12.8. The lowest BCUT2D eigenvalue weighted by Crippen LogP contribution is -2.73. The summed E-state index contributed by atoms with van der Waals surface area (Å²) in [6, 6.07) is 1.07.